The highest BCUT2D eigenvalue weighted by molar-refractivity contribution is 5.43. The van der Waals surface area contributed by atoms with Gasteiger partial charge in [-0.05, 0) is 53.5 Å². The van der Waals surface area contributed by atoms with Crippen molar-refractivity contribution in [2.75, 3.05) is 0 Å². The molecule has 0 radical (unpaired) electrons. The van der Waals surface area contributed by atoms with E-state index in [1.807, 2.05) is 0 Å². The third kappa shape index (κ3) is 2.65. The summed E-state index contributed by atoms with van der Waals surface area (Å²) >= 11 is 0. The molecule has 2 heteroatoms. The zero-order valence-corrected chi connectivity index (χ0v) is 13.6. The molecule has 21 heavy (non-hydrogen) atoms. The Morgan fingerprint density at radius 3 is 2.71 bits per heavy atom. The van der Waals surface area contributed by atoms with Crippen molar-refractivity contribution in [1.82, 2.24) is 4.57 Å². The predicted octanol–water partition coefficient (Wildman–Crippen LogP) is 4.57. The quantitative estimate of drug-likeness (QED) is 0.859. The van der Waals surface area contributed by atoms with E-state index in [1.165, 1.54) is 22.5 Å². The number of benzene rings is 1. The summed E-state index contributed by atoms with van der Waals surface area (Å²) < 4.78 is 2.34. The van der Waals surface area contributed by atoms with E-state index in [0.29, 0.717) is 5.92 Å². The van der Waals surface area contributed by atoms with E-state index in [0.717, 1.165) is 12.8 Å². The Bertz CT molecular complexity index is 649. The number of rotatable bonds is 2. The Morgan fingerprint density at radius 2 is 2.00 bits per heavy atom. The maximum Gasteiger partial charge on any atom is 0.0455 e. The van der Waals surface area contributed by atoms with Crippen LogP contribution in [0.25, 0.3) is 5.69 Å². The van der Waals surface area contributed by atoms with Gasteiger partial charge in [0.05, 0.1) is 0 Å². The highest BCUT2D eigenvalue weighted by atomic mass is 15.0. The average molecular weight is 282 g/mol. The van der Waals surface area contributed by atoms with Crippen molar-refractivity contribution in [3.8, 4) is 5.69 Å². The summed E-state index contributed by atoms with van der Waals surface area (Å²) in [6.45, 7) is 9.11. The second kappa shape index (κ2) is 5.03. The minimum Gasteiger partial charge on any atom is -0.324 e. The molecule has 1 aliphatic rings. The Labute approximate surface area is 128 Å². The molecule has 1 heterocycles. The number of aromatic nitrogens is 1. The minimum absolute atomic E-state index is 0.165. The first-order valence-corrected chi connectivity index (χ1v) is 7.93. The minimum atomic E-state index is 0.165. The maximum atomic E-state index is 6.38. The molecular weight excluding hydrogens is 256 g/mol. The molecule has 1 unspecified atom stereocenters. The van der Waals surface area contributed by atoms with Gasteiger partial charge in [0.1, 0.15) is 0 Å². The van der Waals surface area contributed by atoms with Gasteiger partial charge < -0.3 is 10.3 Å². The second-order valence-electron chi connectivity index (χ2n) is 7.49. The summed E-state index contributed by atoms with van der Waals surface area (Å²) in [5.41, 5.74) is 12.0. The van der Waals surface area contributed by atoms with Gasteiger partial charge in [-0.1, -0.05) is 39.8 Å². The van der Waals surface area contributed by atoms with Gasteiger partial charge in [-0.3, -0.25) is 0 Å². The lowest BCUT2D eigenvalue weighted by molar-refractivity contribution is 0.278. The zero-order valence-electron chi connectivity index (χ0n) is 13.6. The predicted molar refractivity (Wildman–Crippen MR) is 88.9 cm³/mol. The molecule has 1 aromatic heterocycles. The first-order chi connectivity index (χ1) is 9.87. The molecule has 3 rings (SSSR count). The topological polar surface area (TPSA) is 30.9 Å². The zero-order chi connectivity index (χ0) is 15.2. The standard InChI is InChI=1S/C19H26N2/c1-13(2)14-6-5-7-15(10-14)21-9-8-16-17(20)11-19(3,4)12-18(16)21/h5-10,13,17H,11-12,20H2,1-4H3. The van der Waals surface area contributed by atoms with E-state index >= 15 is 0 Å². The van der Waals surface area contributed by atoms with E-state index in [1.54, 1.807) is 0 Å². The second-order valence-corrected chi connectivity index (χ2v) is 7.49. The van der Waals surface area contributed by atoms with Gasteiger partial charge in [-0.25, -0.2) is 0 Å². The molecular formula is C19H26N2. The summed E-state index contributed by atoms with van der Waals surface area (Å²) in [6, 6.07) is 11.2. The van der Waals surface area contributed by atoms with Gasteiger partial charge in [0.2, 0.25) is 0 Å². The van der Waals surface area contributed by atoms with Crippen molar-refractivity contribution in [3.63, 3.8) is 0 Å². The summed E-state index contributed by atoms with van der Waals surface area (Å²) in [7, 11) is 0. The lowest BCUT2D eigenvalue weighted by Crippen LogP contribution is -2.30. The van der Waals surface area contributed by atoms with Crippen LogP contribution in [0.5, 0.6) is 0 Å². The molecule has 0 aliphatic heterocycles. The van der Waals surface area contributed by atoms with Gasteiger partial charge in [0, 0.05) is 23.6 Å². The van der Waals surface area contributed by atoms with E-state index in [4.69, 9.17) is 5.73 Å². The lowest BCUT2D eigenvalue weighted by atomic mass is 9.74. The number of fused-ring (bicyclic) bond motifs is 1. The third-order valence-electron chi connectivity index (χ3n) is 4.66. The Morgan fingerprint density at radius 1 is 1.24 bits per heavy atom. The Balaban J connectivity index is 2.07. The SMILES string of the molecule is CC(C)c1cccc(-n2ccc3c2CC(C)(C)CC3N)c1. The van der Waals surface area contributed by atoms with Gasteiger partial charge in [-0.15, -0.1) is 0 Å². The van der Waals surface area contributed by atoms with E-state index < -0.39 is 0 Å². The molecule has 1 aliphatic carbocycles. The van der Waals surface area contributed by atoms with Gasteiger partial charge in [0.15, 0.2) is 0 Å². The molecule has 1 aromatic carbocycles. The smallest absolute Gasteiger partial charge is 0.0455 e. The fraction of sp³-hybridized carbons (Fsp3) is 0.474. The lowest BCUT2D eigenvalue weighted by Gasteiger charge is -2.34. The molecule has 0 bridgehead atoms. The van der Waals surface area contributed by atoms with Gasteiger partial charge >= 0.3 is 0 Å². The normalized spacial score (nSPS) is 20.6. The number of hydrogen-bond acceptors (Lipinski definition) is 1. The van der Waals surface area contributed by atoms with Crippen LogP contribution in [-0.4, -0.2) is 4.57 Å². The Hall–Kier alpha value is -1.54. The molecule has 0 fully saturated rings. The van der Waals surface area contributed by atoms with Crippen LogP contribution in [0.4, 0.5) is 0 Å². The van der Waals surface area contributed by atoms with E-state index in [-0.39, 0.29) is 11.5 Å². The fourth-order valence-electron chi connectivity index (χ4n) is 3.51. The number of nitrogens with zero attached hydrogens (tertiary/aromatic N) is 1. The largest absolute Gasteiger partial charge is 0.324 e. The van der Waals surface area contributed by atoms with Crippen LogP contribution >= 0.6 is 0 Å². The van der Waals surface area contributed by atoms with Crippen molar-refractivity contribution < 1.29 is 0 Å². The summed E-state index contributed by atoms with van der Waals surface area (Å²) in [6.07, 6.45) is 4.34. The first-order valence-electron chi connectivity index (χ1n) is 7.93. The number of nitrogens with two attached hydrogens (primary N) is 1. The van der Waals surface area contributed by atoms with Crippen molar-refractivity contribution in [2.45, 2.75) is 52.5 Å². The highest BCUT2D eigenvalue weighted by Gasteiger charge is 2.32. The molecule has 2 aromatic rings. The third-order valence-corrected chi connectivity index (χ3v) is 4.66. The summed E-state index contributed by atoms with van der Waals surface area (Å²) in [5, 5.41) is 0. The molecule has 0 saturated carbocycles. The molecule has 1 atom stereocenters. The fourth-order valence-corrected chi connectivity index (χ4v) is 3.51. The van der Waals surface area contributed by atoms with Crippen molar-refractivity contribution in [2.24, 2.45) is 11.1 Å². The van der Waals surface area contributed by atoms with Crippen LogP contribution in [0.3, 0.4) is 0 Å². The van der Waals surface area contributed by atoms with E-state index in [9.17, 15) is 0 Å². The van der Waals surface area contributed by atoms with Crippen LogP contribution in [0.2, 0.25) is 0 Å². The molecule has 2 N–H and O–H groups in total. The molecule has 0 amide bonds. The van der Waals surface area contributed by atoms with Crippen molar-refractivity contribution in [3.05, 3.63) is 53.3 Å². The van der Waals surface area contributed by atoms with Crippen LogP contribution in [0, 0.1) is 5.41 Å². The van der Waals surface area contributed by atoms with Crippen molar-refractivity contribution in [1.29, 1.82) is 0 Å². The molecule has 2 nitrogen and oxygen atoms in total. The highest BCUT2D eigenvalue weighted by Crippen LogP contribution is 2.40. The Kier molecular flexibility index (Phi) is 3.45. The van der Waals surface area contributed by atoms with Gasteiger partial charge in [0.25, 0.3) is 0 Å². The van der Waals surface area contributed by atoms with Crippen LogP contribution in [0.15, 0.2) is 36.5 Å². The van der Waals surface area contributed by atoms with Gasteiger partial charge in [-0.2, -0.15) is 0 Å². The van der Waals surface area contributed by atoms with Crippen LogP contribution in [-0.2, 0) is 6.42 Å². The number of hydrogen-bond donors (Lipinski definition) is 1. The first kappa shape index (κ1) is 14.4. The monoisotopic (exact) mass is 282 g/mol. The summed E-state index contributed by atoms with van der Waals surface area (Å²) in [4.78, 5) is 0. The molecule has 0 spiro atoms. The van der Waals surface area contributed by atoms with E-state index in [2.05, 4.69) is 68.8 Å². The summed E-state index contributed by atoms with van der Waals surface area (Å²) in [5.74, 6) is 0.551. The van der Waals surface area contributed by atoms with Crippen LogP contribution in [0.1, 0.15) is 62.9 Å². The molecule has 112 valence electrons. The van der Waals surface area contributed by atoms with Crippen molar-refractivity contribution >= 4 is 0 Å². The maximum absolute atomic E-state index is 6.38. The molecule has 0 saturated heterocycles. The average Bonchev–Trinajstić information content (AvgIpc) is 2.81. The van der Waals surface area contributed by atoms with Crippen LogP contribution < -0.4 is 5.73 Å².